The fourth-order valence-corrected chi connectivity index (χ4v) is 2.92. The highest BCUT2D eigenvalue weighted by molar-refractivity contribution is 9.10. The monoisotopic (exact) mass is 320 g/mol. The van der Waals surface area contributed by atoms with E-state index in [9.17, 15) is 9.90 Å². The van der Waals surface area contributed by atoms with Crippen LogP contribution >= 0.6 is 15.9 Å². The van der Waals surface area contributed by atoms with Crippen LogP contribution in [0.2, 0.25) is 0 Å². The lowest BCUT2D eigenvalue weighted by molar-refractivity contribution is -0.117. The molecule has 3 rings (SSSR count). The van der Waals surface area contributed by atoms with Crippen LogP contribution in [0.25, 0.3) is 10.8 Å². The van der Waals surface area contributed by atoms with E-state index in [-0.39, 0.29) is 18.4 Å². The van der Waals surface area contributed by atoms with E-state index in [1.54, 1.807) is 11.1 Å². The van der Waals surface area contributed by atoms with Gasteiger partial charge in [0.2, 0.25) is 5.91 Å². The van der Waals surface area contributed by atoms with E-state index in [0.717, 1.165) is 15.2 Å². The summed E-state index contributed by atoms with van der Waals surface area (Å²) >= 11 is 3.47. The summed E-state index contributed by atoms with van der Waals surface area (Å²) < 4.78 is 0.914. The molecular formula is C14H13BrN2O2. The number of aromatic nitrogens is 1. The van der Waals surface area contributed by atoms with Gasteiger partial charge in [-0.25, -0.2) is 4.98 Å². The molecule has 1 atom stereocenters. The molecule has 1 aromatic heterocycles. The topological polar surface area (TPSA) is 53.4 Å². The van der Waals surface area contributed by atoms with Crippen LogP contribution < -0.4 is 4.90 Å². The molecule has 0 radical (unpaired) electrons. The Morgan fingerprint density at radius 1 is 1.37 bits per heavy atom. The number of aliphatic hydroxyl groups excluding tert-OH is 1. The van der Waals surface area contributed by atoms with E-state index in [1.807, 2.05) is 24.3 Å². The number of carbonyl (C=O) groups is 1. The molecule has 0 bridgehead atoms. The first-order valence-corrected chi connectivity index (χ1v) is 6.94. The van der Waals surface area contributed by atoms with E-state index >= 15 is 0 Å². The van der Waals surface area contributed by atoms with Crippen LogP contribution in [0.15, 0.2) is 34.9 Å². The lowest BCUT2D eigenvalue weighted by atomic mass is 10.1. The van der Waals surface area contributed by atoms with Crippen molar-refractivity contribution in [3.05, 3.63) is 34.9 Å². The van der Waals surface area contributed by atoms with Crippen LogP contribution in [0.5, 0.6) is 0 Å². The Hall–Kier alpha value is -1.46. The molecule has 19 heavy (non-hydrogen) atoms. The fraction of sp³-hybridized carbons (Fsp3) is 0.286. The second-order valence-corrected chi connectivity index (χ2v) is 5.59. The standard InChI is InChI=1S/C14H13BrN2O2/c15-12-6-16-14(11-4-2-1-3-10(11)12)17-7-9(8-18)5-13(17)19/h1-4,6,9,18H,5,7-8H2. The number of fused-ring (bicyclic) bond motifs is 1. The molecule has 2 aromatic rings. The minimum Gasteiger partial charge on any atom is -0.396 e. The Morgan fingerprint density at radius 2 is 2.11 bits per heavy atom. The average molecular weight is 321 g/mol. The van der Waals surface area contributed by atoms with Crippen molar-refractivity contribution in [1.82, 2.24) is 4.98 Å². The number of anilines is 1. The number of hydrogen-bond donors (Lipinski definition) is 1. The number of hydrogen-bond acceptors (Lipinski definition) is 3. The molecule has 98 valence electrons. The number of benzene rings is 1. The van der Waals surface area contributed by atoms with Crippen LogP contribution in [0.4, 0.5) is 5.82 Å². The van der Waals surface area contributed by atoms with Crippen molar-refractivity contribution in [3.8, 4) is 0 Å². The zero-order valence-corrected chi connectivity index (χ0v) is 11.8. The fourth-order valence-electron chi connectivity index (χ4n) is 2.47. The molecule has 0 spiro atoms. The van der Waals surface area contributed by atoms with Crippen LogP contribution in [0.1, 0.15) is 6.42 Å². The third-order valence-electron chi connectivity index (χ3n) is 3.44. The van der Waals surface area contributed by atoms with Crippen molar-refractivity contribution in [1.29, 1.82) is 0 Å². The van der Waals surface area contributed by atoms with Gasteiger partial charge in [-0.1, -0.05) is 24.3 Å². The van der Waals surface area contributed by atoms with Crippen molar-refractivity contribution in [2.45, 2.75) is 6.42 Å². The molecule has 1 fully saturated rings. The first-order chi connectivity index (χ1) is 9.20. The van der Waals surface area contributed by atoms with Gasteiger partial charge in [0.1, 0.15) is 5.82 Å². The number of pyridine rings is 1. The minimum absolute atomic E-state index is 0.0108. The first kappa shape index (κ1) is 12.6. The van der Waals surface area contributed by atoms with Crippen LogP contribution in [0.3, 0.4) is 0 Å². The van der Waals surface area contributed by atoms with Gasteiger partial charge >= 0.3 is 0 Å². The van der Waals surface area contributed by atoms with Crippen LogP contribution in [-0.2, 0) is 4.79 Å². The lowest BCUT2D eigenvalue weighted by Crippen LogP contribution is -2.26. The lowest BCUT2D eigenvalue weighted by Gasteiger charge is -2.17. The van der Waals surface area contributed by atoms with E-state index in [4.69, 9.17) is 0 Å². The van der Waals surface area contributed by atoms with Gasteiger partial charge in [0.05, 0.1) is 0 Å². The van der Waals surface area contributed by atoms with E-state index in [1.165, 1.54) is 0 Å². The van der Waals surface area contributed by atoms with Gasteiger partial charge in [0.15, 0.2) is 0 Å². The second-order valence-electron chi connectivity index (χ2n) is 4.73. The predicted octanol–water partition coefficient (Wildman–Crippen LogP) is 2.34. The summed E-state index contributed by atoms with van der Waals surface area (Å²) in [7, 11) is 0. The summed E-state index contributed by atoms with van der Waals surface area (Å²) in [5.74, 6) is 0.718. The summed E-state index contributed by atoms with van der Waals surface area (Å²) in [5.41, 5.74) is 0. The number of rotatable bonds is 2. The summed E-state index contributed by atoms with van der Waals surface area (Å²) in [4.78, 5) is 18.1. The molecule has 0 aliphatic carbocycles. The molecule has 0 saturated carbocycles. The SMILES string of the molecule is O=C1CC(CO)CN1c1ncc(Br)c2ccccc12. The van der Waals surface area contributed by atoms with E-state index in [0.29, 0.717) is 18.8 Å². The molecular weight excluding hydrogens is 308 g/mol. The largest absolute Gasteiger partial charge is 0.396 e. The van der Waals surface area contributed by atoms with Gasteiger partial charge < -0.3 is 5.11 Å². The third kappa shape index (κ3) is 2.13. The normalized spacial score (nSPS) is 19.4. The maximum atomic E-state index is 12.0. The minimum atomic E-state index is 0.0108. The van der Waals surface area contributed by atoms with Gasteiger partial charge in [-0.15, -0.1) is 0 Å². The van der Waals surface area contributed by atoms with Gasteiger partial charge in [0.25, 0.3) is 0 Å². The Bertz CT molecular complexity index is 644. The Kier molecular flexibility index (Phi) is 3.24. The van der Waals surface area contributed by atoms with Gasteiger partial charge in [-0.2, -0.15) is 0 Å². The number of halogens is 1. The van der Waals surface area contributed by atoms with E-state index < -0.39 is 0 Å². The summed E-state index contributed by atoms with van der Waals surface area (Å²) in [5, 5.41) is 11.2. The molecule has 5 heteroatoms. The van der Waals surface area contributed by atoms with Crippen molar-refractivity contribution in [2.75, 3.05) is 18.1 Å². The quantitative estimate of drug-likeness (QED) is 0.924. The van der Waals surface area contributed by atoms with Gasteiger partial charge in [-0.3, -0.25) is 9.69 Å². The molecule has 2 heterocycles. The zero-order valence-electron chi connectivity index (χ0n) is 10.2. The average Bonchev–Trinajstić information content (AvgIpc) is 2.81. The maximum absolute atomic E-state index is 12.0. The summed E-state index contributed by atoms with van der Waals surface area (Å²) in [6, 6.07) is 7.85. The molecule has 1 N–H and O–H groups in total. The maximum Gasteiger partial charge on any atom is 0.228 e. The Morgan fingerprint density at radius 3 is 2.79 bits per heavy atom. The van der Waals surface area contributed by atoms with Crippen LogP contribution in [0, 0.1) is 5.92 Å². The van der Waals surface area contributed by atoms with Gasteiger partial charge in [-0.05, 0) is 15.9 Å². The van der Waals surface area contributed by atoms with Crippen molar-refractivity contribution >= 4 is 38.4 Å². The Labute approximate surface area is 119 Å². The van der Waals surface area contributed by atoms with Crippen molar-refractivity contribution < 1.29 is 9.90 Å². The first-order valence-electron chi connectivity index (χ1n) is 6.15. The molecule has 1 unspecified atom stereocenters. The number of amides is 1. The highest BCUT2D eigenvalue weighted by atomic mass is 79.9. The molecule has 1 aromatic carbocycles. The summed E-state index contributed by atoms with van der Waals surface area (Å²) in [6.45, 7) is 0.574. The smallest absolute Gasteiger partial charge is 0.228 e. The molecule has 1 aliphatic heterocycles. The van der Waals surface area contributed by atoms with Crippen molar-refractivity contribution in [3.63, 3.8) is 0 Å². The molecule has 1 saturated heterocycles. The van der Waals surface area contributed by atoms with Crippen LogP contribution in [-0.4, -0.2) is 29.1 Å². The number of nitrogens with zero attached hydrogens (tertiary/aromatic N) is 2. The third-order valence-corrected chi connectivity index (χ3v) is 4.08. The predicted molar refractivity (Wildman–Crippen MR) is 77.0 cm³/mol. The zero-order chi connectivity index (χ0) is 13.4. The molecule has 4 nitrogen and oxygen atoms in total. The second kappa shape index (κ2) is 4.90. The highest BCUT2D eigenvalue weighted by Crippen LogP contribution is 2.33. The summed E-state index contributed by atoms with van der Waals surface area (Å²) in [6.07, 6.45) is 2.11. The molecule has 1 amide bonds. The highest BCUT2D eigenvalue weighted by Gasteiger charge is 2.31. The number of carbonyl (C=O) groups excluding carboxylic acids is 1. The van der Waals surface area contributed by atoms with Crippen molar-refractivity contribution in [2.24, 2.45) is 5.92 Å². The Balaban J connectivity index is 2.11. The molecule has 1 aliphatic rings. The van der Waals surface area contributed by atoms with Gasteiger partial charge in [0, 0.05) is 46.9 Å². The van der Waals surface area contributed by atoms with E-state index in [2.05, 4.69) is 20.9 Å². The number of aliphatic hydroxyl groups is 1.